The van der Waals surface area contributed by atoms with E-state index in [9.17, 15) is 9.18 Å². The Morgan fingerprint density at radius 1 is 1.24 bits per heavy atom. The fraction of sp³-hybridized carbons (Fsp3) is 0.478. The fourth-order valence-electron chi connectivity index (χ4n) is 3.62. The van der Waals surface area contributed by atoms with E-state index < -0.39 is 5.82 Å². The quantitative estimate of drug-likeness (QED) is 0.640. The van der Waals surface area contributed by atoms with Crippen LogP contribution in [0, 0.1) is 5.82 Å². The van der Waals surface area contributed by atoms with Gasteiger partial charge in [0.25, 0.3) is 5.88 Å². The van der Waals surface area contributed by atoms with E-state index in [0.29, 0.717) is 25.2 Å². The highest BCUT2D eigenvalue weighted by Crippen LogP contribution is 2.30. The molecule has 1 saturated heterocycles. The Morgan fingerprint density at radius 2 is 1.97 bits per heavy atom. The summed E-state index contributed by atoms with van der Waals surface area (Å²) in [6.07, 6.45) is 2.77. The van der Waals surface area contributed by atoms with Gasteiger partial charge in [-0.1, -0.05) is 19.1 Å². The number of aromatic nitrogens is 1. The molecule has 0 spiro atoms. The maximum Gasteiger partial charge on any atom is 0.252 e. The molecule has 0 N–H and O–H groups in total. The second kappa shape index (κ2) is 9.25. The first-order valence-electron chi connectivity index (χ1n) is 10.2. The summed E-state index contributed by atoms with van der Waals surface area (Å²) in [7, 11) is 0. The van der Waals surface area contributed by atoms with Crippen molar-refractivity contribution < 1.29 is 18.7 Å². The minimum Gasteiger partial charge on any atom is -0.489 e. The maximum atomic E-state index is 14.8. The van der Waals surface area contributed by atoms with Crippen molar-refractivity contribution in [2.45, 2.75) is 58.7 Å². The number of carbonyl (C=O) groups is 1. The van der Waals surface area contributed by atoms with Crippen molar-refractivity contribution in [3.05, 3.63) is 47.9 Å². The Balaban J connectivity index is 1.61. The van der Waals surface area contributed by atoms with E-state index in [0.717, 1.165) is 17.7 Å². The molecule has 1 aromatic carbocycles. The van der Waals surface area contributed by atoms with Gasteiger partial charge >= 0.3 is 0 Å². The number of ether oxygens (including phenoxy) is 2. The molecule has 0 amide bonds. The Hall–Kier alpha value is -2.63. The zero-order chi connectivity index (χ0) is 21.0. The van der Waals surface area contributed by atoms with E-state index in [-0.39, 0.29) is 29.8 Å². The number of hydrogen-bond acceptors (Lipinski definition) is 5. The second-order valence-corrected chi connectivity index (χ2v) is 7.97. The number of hydrogen-bond donors (Lipinski definition) is 0. The van der Waals surface area contributed by atoms with Crippen molar-refractivity contribution >= 4 is 11.5 Å². The summed E-state index contributed by atoms with van der Waals surface area (Å²) in [5.74, 6) is 0.784. The molecule has 1 aromatic heterocycles. The molecule has 1 aliphatic rings. The van der Waals surface area contributed by atoms with Crippen LogP contribution in [0.25, 0.3) is 0 Å². The summed E-state index contributed by atoms with van der Waals surface area (Å²) in [4.78, 5) is 17.3. The molecular weight excluding hydrogens is 371 g/mol. The maximum absolute atomic E-state index is 14.8. The fourth-order valence-corrected chi connectivity index (χ4v) is 3.62. The highest BCUT2D eigenvalue weighted by Gasteiger charge is 2.27. The van der Waals surface area contributed by atoms with E-state index in [4.69, 9.17) is 9.47 Å². The number of anilines is 1. The van der Waals surface area contributed by atoms with Crippen molar-refractivity contribution in [2.24, 2.45) is 0 Å². The average molecular weight is 400 g/mol. The Labute approximate surface area is 171 Å². The molecule has 2 heterocycles. The van der Waals surface area contributed by atoms with Crippen LogP contribution in [0.5, 0.6) is 11.6 Å². The Kier molecular flexibility index (Phi) is 6.72. The van der Waals surface area contributed by atoms with Gasteiger partial charge in [0.15, 0.2) is 0 Å². The molecule has 2 aromatic rings. The highest BCUT2D eigenvalue weighted by molar-refractivity contribution is 5.76. The number of benzene rings is 1. The van der Waals surface area contributed by atoms with Crippen molar-refractivity contribution in [2.75, 3.05) is 18.0 Å². The van der Waals surface area contributed by atoms with Gasteiger partial charge in [-0.2, -0.15) is 4.39 Å². The van der Waals surface area contributed by atoms with Gasteiger partial charge in [-0.3, -0.25) is 0 Å². The molecule has 1 aliphatic heterocycles. The smallest absolute Gasteiger partial charge is 0.252 e. The lowest BCUT2D eigenvalue weighted by Gasteiger charge is -2.21. The van der Waals surface area contributed by atoms with Crippen molar-refractivity contribution in [1.29, 1.82) is 0 Å². The van der Waals surface area contributed by atoms with Gasteiger partial charge in [0.05, 0.1) is 18.3 Å². The molecule has 0 aliphatic carbocycles. The summed E-state index contributed by atoms with van der Waals surface area (Å²) in [5.41, 5.74) is 1.62. The average Bonchev–Trinajstić information content (AvgIpc) is 3.11. The molecule has 0 unspecified atom stereocenters. The molecule has 2 atom stereocenters. The molecule has 3 rings (SSSR count). The molecule has 0 bridgehead atoms. The minimum atomic E-state index is -0.425. The zero-order valence-electron chi connectivity index (χ0n) is 17.5. The van der Waals surface area contributed by atoms with Crippen molar-refractivity contribution in [3.8, 4) is 11.6 Å². The lowest BCUT2D eigenvalue weighted by atomic mass is 9.96. The van der Waals surface area contributed by atoms with Gasteiger partial charge in [-0.15, -0.1) is 0 Å². The minimum absolute atomic E-state index is 0.0162. The van der Waals surface area contributed by atoms with Crippen LogP contribution >= 0.6 is 0 Å². The largest absolute Gasteiger partial charge is 0.489 e. The third kappa shape index (κ3) is 5.46. The van der Waals surface area contributed by atoms with E-state index >= 15 is 0 Å². The molecular formula is C23H29FN2O3. The molecule has 0 radical (unpaired) electrons. The van der Waals surface area contributed by atoms with Crippen LogP contribution in [-0.4, -0.2) is 36.1 Å². The molecule has 29 heavy (non-hydrogen) atoms. The van der Waals surface area contributed by atoms with Gasteiger partial charge in [0.2, 0.25) is 5.82 Å². The van der Waals surface area contributed by atoms with Gasteiger partial charge in [0, 0.05) is 25.6 Å². The number of rotatable bonds is 8. The van der Waals surface area contributed by atoms with Gasteiger partial charge in [0.1, 0.15) is 17.6 Å². The lowest BCUT2D eigenvalue weighted by Crippen LogP contribution is -2.25. The predicted octanol–water partition coefficient (Wildman–Crippen LogP) is 4.75. The van der Waals surface area contributed by atoms with Crippen LogP contribution in [0.15, 0.2) is 36.5 Å². The lowest BCUT2D eigenvalue weighted by molar-refractivity contribution is -0.117. The topological polar surface area (TPSA) is 51.7 Å². The van der Waals surface area contributed by atoms with Crippen molar-refractivity contribution in [3.63, 3.8) is 0 Å². The van der Waals surface area contributed by atoms with Crippen LogP contribution in [0.1, 0.15) is 52.0 Å². The zero-order valence-corrected chi connectivity index (χ0v) is 17.5. The highest BCUT2D eigenvalue weighted by atomic mass is 19.1. The number of nitrogens with zero attached hydrogens (tertiary/aromatic N) is 2. The summed E-state index contributed by atoms with van der Waals surface area (Å²) in [5, 5.41) is 0. The molecule has 156 valence electrons. The molecule has 1 fully saturated rings. The van der Waals surface area contributed by atoms with Crippen LogP contribution < -0.4 is 14.4 Å². The Bertz CT molecular complexity index is 839. The summed E-state index contributed by atoms with van der Waals surface area (Å²) in [6, 6.07) is 9.57. The van der Waals surface area contributed by atoms with E-state index in [1.165, 1.54) is 0 Å². The number of halogens is 1. The SMILES string of the molecule is CC(=O)C[C@@H](C)c1ccc(O[C@@H]2CCN(c3ccnc(OC(C)C)c3F)C2)cc1. The molecule has 0 saturated carbocycles. The van der Waals surface area contributed by atoms with E-state index in [2.05, 4.69) is 4.98 Å². The number of pyridine rings is 1. The monoisotopic (exact) mass is 400 g/mol. The molecule has 5 nitrogen and oxygen atoms in total. The first-order chi connectivity index (χ1) is 13.8. The first-order valence-corrected chi connectivity index (χ1v) is 10.2. The van der Waals surface area contributed by atoms with Crippen LogP contribution in [0.4, 0.5) is 10.1 Å². The summed E-state index contributed by atoms with van der Waals surface area (Å²) >= 11 is 0. The van der Waals surface area contributed by atoms with Crippen LogP contribution in [0.3, 0.4) is 0 Å². The summed E-state index contributed by atoms with van der Waals surface area (Å²) < 4.78 is 26.3. The van der Waals surface area contributed by atoms with E-state index in [1.807, 2.05) is 49.9 Å². The standard InChI is InChI=1S/C23H29FN2O3/c1-15(2)28-23-22(24)21(9-11-25-23)26-12-10-20(14-26)29-19-7-5-18(6-8-19)16(3)13-17(4)27/h5-9,11,15-16,20H,10,12-14H2,1-4H3/t16-,20-/m1/s1. The van der Waals surface area contributed by atoms with Gasteiger partial charge in [-0.25, -0.2) is 4.98 Å². The molecule has 6 heteroatoms. The first kappa shape index (κ1) is 21.1. The van der Waals surface area contributed by atoms with Crippen LogP contribution in [-0.2, 0) is 4.79 Å². The predicted molar refractivity (Wildman–Crippen MR) is 111 cm³/mol. The summed E-state index contributed by atoms with van der Waals surface area (Å²) in [6.45, 7) is 8.67. The van der Waals surface area contributed by atoms with Gasteiger partial charge in [-0.05, 0) is 50.5 Å². The van der Waals surface area contributed by atoms with Crippen molar-refractivity contribution in [1.82, 2.24) is 4.98 Å². The van der Waals surface area contributed by atoms with Gasteiger partial charge < -0.3 is 19.2 Å². The number of ketones is 1. The normalized spacial score (nSPS) is 17.4. The van der Waals surface area contributed by atoms with Crippen LogP contribution in [0.2, 0.25) is 0 Å². The second-order valence-electron chi connectivity index (χ2n) is 7.97. The Morgan fingerprint density at radius 3 is 2.62 bits per heavy atom. The number of carbonyl (C=O) groups excluding carboxylic acids is 1. The third-order valence-electron chi connectivity index (χ3n) is 5.02. The number of Topliss-reactive ketones (excluding diaryl/α,β-unsaturated/α-hetero) is 1. The third-order valence-corrected chi connectivity index (χ3v) is 5.02. The van der Waals surface area contributed by atoms with E-state index in [1.54, 1.807) is 19.2 Å².